The lowest BCUT2D eigenvalue weighted by Crippen LogP contribution is -2.06. The summed E-state index contributed by atoms with van der Waals surface area (Å²) in [5.74, 6) is 0.312. The number of ether oxygens (including phenoxy) is 1. The second-order valence-corrected chi connectivity index (χ2v) is 6.39. The quantitative estimate of drug-likeness (QED) is 0.501. The van der Waals surface area contributed by atoms with Gasteiger partial charge in [-0.25, -0.2) is 14.1 Å². The third-order valence-corrected chi connectivity index (χ3v) is 4.54. The van der Waals surface area contributed by atoms with Crippen LogP contribution in [0.3, 0.4) is 0 Å². The van der Waals surface area contributed by atoms with E-state index in [-0.39, 0.29) is 18.2 Å². The van der Waals surface area contributed by atoms with Crippen LogP contribution in [0.25, 0.3) is 27.5 Å². The van der Waals surface area contributed by atoms with Gasteiger partial charge in [0.15, 0.2) is 11.6 Å². The van der Waals surface area contributed by atoms with Crippen LogP contribution < -0.4 is 10.5 Å². The molecule has 0 aliphatic rings. The Labute approximate surface area is 158 Å². The van der Waals surface area contributed by atoms with Crippen LogP contribution in [0.4, 0.5) is 10.2 Å². The van der Waals surface area contributed by atoms with Crippen LogP contribution in [-0.2, 0) is 6.61 Å². The van der Waals surface area contributed by atoms with Gasteiger partial charge in [0.2, 0.25) is 0 Å². The van der Waals surface area contributed by atoms with E-state index in [4.69, 9.17) is 10.5 Å². The minimum absolute atomic E-state index is 0.233. The highest BCUT2D eigenvalue weighted by molar-refractivity contribution is 5.83. The predicted octanol–water partition coefficient (Wildman–Crippen LogP) is 3.60. The van der Waals surface area contributed by atoms with Crippen LogP contribution >= 0.6 is 0 Å². The van der Waals surface area contributed by atoms with Gasteiger partial charge in [-0.3, -0.25) is 5.10 Å². The minimum Gasteiger partial charge on any atom is -0.485 e. The number of halogens is 1. The van der Waals surface area contributed by atoms with E-state index in [9.17, 15) is 4.39 Å². The zero-order valence-electron chi connectivity index (χ0n) is 14.6. The molecule has 3 heterocycles. The molecule has 0 aliphatic heterocycles. The summed E-state index contributed by atoms with van der Waals surface area (Å²) in [6.45, 7) is 0.233. The highest BCUT2D eigenvalue weighted by Crippen LogP contribution is 2.28. The maximum absolute atomic E-state index is 13.5. The number of H-pyrrole nitrogens is 1. The van der Waals surface area contributed by atoms with Crippen molar-refractivity contribution in [1.82, 2.24) is 25.0 Å². The number of benzene rings is 2. The highest BCUT2D eigenvalue weighted by atomic mass is 19.1. The number of aromatic nitrogens is 5. The molecule has 5 aromatic rings. The van der Waals surface area contributed by atoms with Crippen molar-refractivity contribution in [3.8, 4) is 11.4 Å². The van der Waals surface area contributed by atoms with E-state index in [2.05, 4.69) is 20.3 Å². The topological polar surface area (TPSA) is 94.6 Å². The number of rotatable bonds is 4. The van der Waals surface area contributed by atoms with Gasteiger partial charge in [-0.2, -0.15) is 10.2 Å². The zero-order chi connectivity index (χ0) is 19.1. The average Bonchev–Trinajstić information content (AvgIpc) is 3.37. The highest BCUT2D eigenvalue weighted by Gasteiger charge is 2.12. The molecule has 0 radical (unpaired) electrons. The van der Waals surface area contributed by atoms with Crippen LogP contribution in [0.1, 0.15) is 5.56 Å². The van der Waals surface area contributed by atoms with Crippen molar-refractivity contribution < 1.29 is 9.13 Å². The Morgan fingerprint density at radius 1 is 1.14 bits per heavy atom. The van der Waals surface area contributed by atoms with Crippen molar-refractivity contribution in [3.63, 3.8) is 0 Å². The molecule has 5 rings (SSSR count). The maximum Gasteiger partial charge on any atom is 0.166 e. The molecular formula is C20H15FN6O. The number of hydrogen-bond donors (Lipinski definition) is 2. The Morgan fingerprint density at radius 2 is 2.07 bits per heavy atom. The third-order valence-electron chi connectivity index (χ3n) is 4.54. The normalized spacial score (nSPS) is 11.3. The summed E-state index contributed by atoms with van der Waals surface area (Å²) in [6.07, 6.45) is 5.33. The molecule has 0 spiro atoms. The molecule has 0 saturated carbocycles. The van der Waals surface area contributed by atoms with Gasteiger partial charge >= 0.3 is 0 Å². The fourth-order valence-electron chi connectivity index (χ4n) is 3.18. The second kappa shape index (κ2) is 6.34. The van der Waals surface area contributed by atoms with E-state index >= 15 is 0 Å². The molecule has 0 amide bonds. The number of fused-ring (bicyclic) bond motifs is 2. The first kappa shape index (κ1) is 16.2. The lowest BCUT2D eigenvalue weighted by molar-refractivity contribution is 0.307. The van der Waals surface area contributed by atoms with E-state index in [1.165, 1.54) is 12.1 Å². The number of pyridine rings is 1. The number of nitrogen functional groups attached to an aromatic ring is 1. The monoisotopic (exact) mass is 374 g/mol. The summed E-state index contributed by atoms with van der Waals surface area (Å²) in [6, 6.07) is 11.8. The molecule has 3 N–H and O–H groups in total. The van der Waals surface area contributed by atoms with Crippen LogP contribution in [-0.4, -0.2) is 25.0 Å². The van der Waals surface area contributed by atoms with E-state index in [0.29, 0.717) is 16.7 Å². The number of aromatic amines is 1. The molecule has 7 nitrogen and oxygen atoms in total. The van der Waals surface area contributed by atoms with Crippen LogP contribution in [0.2, 0.25) is 0 Å². The van der Waals surface area contributed by atoms with Crippen molar-refractivity contribution in [1.29, 1.82) is 0 Å². The largest absolute Gasteiger partial charge is 0.485 e. The van der Waals surface area contributed by atoms with Crippen molar-refractivity contribution in [2.75, 3.05) is 5.73 Å². The fraction of sp³-hybridized carbons (Fsp3) is 0.0500. The lowest BCUT2D eigenvalue weighted by Gasteiger charge is -2.13. The third kappa shape index (κ3) is 2.81. The van der Waals surface area contributed by atoms with Crippen molar-refractivity contribution in [2.45, 2.75) is 6.61 Å². The molecule has 138 valence electrons. The summed E-state index contributed by atoms with van der Waals surface area (Å²) in [5.41, 5.74) is 9.30. The average molecular weight is 374 g/mol. The Kier molecular flexibility index (Phi) is 3.68. The number of hydrogen-bond acceptors (Lipinski definition) is 5. The summed E-state index contributed by atoms with van der Waals surface area (Å²) in [5, 5.41) is 12.9. The standard InChI is InChI=1S/C20H15FN6O/c21-15-2-3-16-12(6-15)9-19(20(22)25-16)28-11-14-7-17-13(10-23-26-17)8-18(14)27-5-1-4-24-27/h1-10H,11H2,(H2,22,25)(H,23,26). The van der Waals surface area contributed by atoms with Gasteiger partial charge in [-0.15, -0.1) is 0 Å². The first-order valence-electron chi connectivity index (χ1n) is 8.62. The Hall–Kier alpha value is -3.94. The van der Waals surface area contributed by atoms with E-state index < -0.39 is 0 Å². The molecule has 0 saturated heterocycles. The molecule has 0 aliphatic carbocycles. The molecular weight excluding hydrogens is 359 g/mol. The van der Waals surface area contributed by atoms with Gasteiger partial charge in [0.05, 0.1) is 22.9 Å². The molecule has 2 aromatic carbocycles. The van der Waals surface area contributed by atoms with Crippen LogP contribution in [0.15, 0.2) is 61.1 Å². The Balaban J connectivity index is 1.53. The van der Waals surface area contributed by atoms with Gasteiger partial charge in [-0.05, 0) is 42.5 Å². The SMILES string of the molecule is Nc1nc2ccc(F)cc2cc1OCc1cc2[nH]ncc2cc1-n1cccn1. The molecule has 0 atom stereocenters. The Morgan fingerprint density at radius 3 is 2.93 bits per heavy atom. The van der Waals surface area contributed by atoms with Crippen molar-refractivity contribution in [3.05, 3.63) is 72.4 Å². The number of anilines is 1. The molecule has 0 unspecified atom stereocenters. The van der Waals surface area contributed by atoms with Crippen molar-refractivity contribution >= 4 is 27.6 Å². The number of nitrogens with one attached hydrogen (secondary N) is 1. The van der Waals surface area contributed by atoms with Gasteiger partial charge in [0, 0.05) is 28.7 Å². The summed E-state index contributed by atoms with van der Waals surface area (Å²) in [7, 11) is 0. The molecule has 3 aromatic heterocycles. The zero-order valence-corrected chi connectivity index (χ0v) is 14.6. The van der Waals surface area contributed by atoms with E-state index in [1.54, 1.807) is 29.2 Å². The van der Waals surface area contributed by atoms with Crippen molar-refractivity contribution in [2.24, 2.45) is 0 Å². The maximum atomic E-state index is 13.5. The predicted molar refractivity (Wildman–Crippen MR) is 104 cm³/mol. The van der Waals surface area contributed by atoms with E-state index in [0.717, 1.165) is 22.2 Å². The number of nitrogens with zero attached hydrogens (tertiary/aromatic N) is 4. The van der Waals surface area contributed by atoms with Crippen LogP contribution in [0.5, 0.6) is 5.75 Å². The number of nitrogens with two attached hydrogens (primary N) is 1. The molecule has 28 heavy (non-hydrogen) atoms. The van der Waals surface area contributed by atoms with Gasteiger partial charge < -0.3 is 10.5 Å². The summed E-state index contributed by atoms with van der Waals surface area (Å²) >= 11 is 0. The second-order valence-electron chi connectivity index (χ2n) is 6.39. The smallest absolute Gasteiger partial charge is 0.166 e. The Bertz CT molecular complexity index is 1300. The molecule has 0 bridgehead atoms. The first-order valence-corrected chi connectivity index (χ1v) is 8.62. The minimum atomic E-state index is -0.337. The summed E-state index contributed by atoms with van der Waals surface area (Å²) < 4.78 is 21.2. The molecule has 0 fully saturated rings. The first-order chi connectivity index (χ1) is 13.7. The lowest BCUT2D eigenvalue weighted by atomic mass is 10.1. The van der Waals surface area contributed by atoms with Gasteiger partial charge in [0.25, 0.3) is 0 Å². The fourth-order valence-corrected chi connectivity index (χ4v) is 3.18. The van der Waals surface area contributed by atoms with Gasteiger partial charge in [-0.1, -0.05) is 0 Å². The summed E-state index contributed by atoms with van der Waals surface area (Å²) in [4.78, 5) is 4.30. The van der Waals surface area contributed by atoms with E-state index in [1.807, 2.05) is 24.4 Å². The van der Waals surface area contributed by atoms with Gasteiger partial charge in [0.1, 0.15) is 12.4 Å². The van der Waals surface area contributed by atoms with Crippen LogP contribution in [0, 0.1) is 5.82 Å². The molecule has 8 heteroatoms.